The number of amides is 3. The summed E-state index contributed by atoms with van der Waals surface area (Å²) >= 11 is 1.43. The van der Waals surface area contributed by atoms with Crippen molar-refractivity contribution in [1.82, 2.24) is 10.2 Å². The third-order valence-corrected chi connectivity index (χ3v) is 6.50. The molecule has 0 spiro atoms. The van der Waals surface area contributed by atoms with E-state index in [1.165, 1.54) is 18.7 Å². The Kier molecular flexibility index (Phi) is 5.00. The summed E-state index contributed by atoms with van der Waals surface area (Å²) < 4.78 is 6.43. The molecule has 5 atom stereocenters. The fourth-order valence-electron chi connectivity index (χ4n) is 4.38. The van der Waals surface area contributed by atoms with Crippen molar-refractivity contribution in [3.8, 4) is 0 Å². The van der Waals surface area contributed by atoms with E-state index in [2.05, 4.69) is 29.1 Å². The number of imide groups is 1. The predicted octanol–water partition coefficient (Wildman–Crippen LogP) is 1.34. The highest BCUT2D eigenvalue weighted by Crippen LogP contribution is 2.51. The van der Waals surface area contributed by atoms with Gasteiger partial charge in [-0.05, 0) is 19.6 Å². The lowest BCUT2D eigenvalue weighted by Gasteiger charge is -2.41. The third kappa shape index (κ3) is 2.89. The van der Waals surface area contributed by atoms with Gasteiger partial charge in [0.15, 0.2) is 5.17 Å². The number of hydrogen-bond acceptors (Lipinski definition) is 5. The second kappa shape index (κ2) is 6.81. The zero-order valence-corrected chi connectivity index (χ0v) is 16.6. The Labute approximate surface area is 157 Å². The van der Waals surface area contributed by atoms with Gasteiger partial charge in [0.25, 0.3) is 5.91 Å². The number of morpholine rings is 1. The van der Waals surface area contributed by atoms with Crippen molar-refractivity contribution in [2.75, 3.05) is 12.8 Å². The number of ether oxygens (including phenoxy) is 1. The molecule has 0 aromatic rings. The van der Waals surface area contributed by atoms with Crippen molar-refractivity contribution in [3.05, 3.63) is 11.6 Å². The van der Waals surface area contributed by atoms with Crippen LogP contribution in [0.5, 0.6) is 0 Å². The average Bonchev–Trinajstić information content (AvgIpc) is 3.03. The van der Waals surface area contributed by atoms with Crippen LogP contribution < -0.4 is 5.32 Å². The van der Waals surface area contributed by atoms with Crippen LogP contribution in [0.2, 0.25) is 0 Å². The Morgan fingerprint density at radius 3 is 2.73 bits per heavy atom. The van der Waals surface area contributed by atoms with Crippen molar-refractivity contribution in [2.24, 2.45) is 16.8 Å². The zero-order chi connectivity index (χ0) is 19.2. The number of rotatable bonds is 2. The summed E-state index contributed by atoms with van der Waals surface area (Å²) in [6, 6.07) is -0.0755. The smallest absolute Gasteiger partial charge is 0.253 e. The van der Waals surface area contributed by atoms with E-state index >= 15 is 0 Å². The van der Waals surface area contributed by atoms with E-state index in [0.29, 0.717) is 17.3 Å². The van der Waals surface area contributed by atoms with E-state index in [4.69, 9.17) is 4.74 Å². The molecule has 3 rings (SSSR count). The van der Waals surface area contributed by atoms with Crippen LogP contribution in [-0.2, 0) is 19.1 Å². The molecule has 1 unspecified atom stereocenters. The third-order valence-electron chi connectivity index (χ3n) is 5.81. The fraction of sp³-hybridized carbons (Fsp3) is 0.667. The molecule has 1 N–H and O–H groups in total. The second-order valence-electron chi connectivity index (χ2n) is 7.22. The highest BCUT2D eigenvalue weighted by Gasteiger charge is 2.63. The molecule has 2 saturated heterocycles. The number of carbonyl (C=O) groups excluding carboxylic acids is 3. The van der Waals surface area contributed by atoms with E-state index in [1.54, 1.807) is 13.0 Å². The minimum Gasteiger partial charge on any atom is -0.366 e. The number of carbonyl (C=O) groups is 3. The van der Waals surface area contributed by atoms with Crippen LogP contribution in [-0.4, -0.2) is 58.3 Å². The summed E-state index contributed by atoms with van der Waals surface area (Å²) in [5, 5.41) is 3.08. The maximum Gasteiger partial charge on any atom is 0.253 e. The predicted molar refractivity (Wildman–Crippen MR) is 99.6 cm³/mol. The second-order valence-corrected chi connectivity index (χ2v) is 7.99. The molecule has 0 saturated carbocycles. The molecule has 3 aliphatic rings. The fourth-order valence-corrected chi connectivity index (χ4v) is 5.03. The number of amidine groups is 1. The van der Waals surface area contributed by atoms with Crippen molar-refractivity contribution < 1.29 is 19.1 Å². The van der Waals surface area contributed by atoms with Gasteiger partial charge in [-0.1, -0.05) is 31.7 Å². The molecule has 0 aromatic carbocycles. The van der Waals surface area contributed by atoms with Gasteiger partial charge in [-0.15, -0.1) is 0 Å². The Bertz CT molecular complexity index is 719. The Hall–Kier alpha value is -1.67. The maximum atomic E-state index is 12.5. The first kappa shape index (κ1) is 19.1. The van der Waals surface area contributed by atoms with Crippen LogP contribution >= 0.6 is 11.8 Å². The first-order chi connectivity index (χ1) is 12.2. The van der Waals surface area contributed by atoms with Crippen LogP contribution in [0.15, 0.2) is 16.6 Å². The van der Waals surface area contributed by atoms with Crippen LogP contribution in [0, 0.1) is 11.8 Å². The highest BCUT2D eigenvalue weighted by atomic mass is 32.2. The summed E-state index contributed by atoms with van der Waals surface area (Å²) in [6.45, 7) is 7.98. The molecule has 2 fully saturated rings. The SMILES string of the molecule is CC[C@@]12CN(/C(=N/C(C)=O)SC)[C@@H]([C@H](C3C=C(C)C(=O)NC3=O)O1)[C@@H]2C. The lowest BCUT2D eigenvalue weighted by molar-refractivity contribution is -0.142. The molecule has 0 aromatic heterocycles. The van der Waals surface area contributed by atoms with E-state index in [9.17, 15) is 14.4 Å². The molecule has 0 aliphatic carbocycles. The number of hydrogen-bond donors (Lipinski definition) is 1. The molecule has 0 radical (unpaired) electrons. The number of nitrogens with zero attached hydrogens (tertiary/aromatic N) is 2. The maximum absolute atomic E-state index is 12.5. The van der Waals surface area contributed by atoms with Gasteiger partial charge in [-0.3, -0.25) is 19.7 Å². The van der Waals surface area contributed by atoms with Gasteiger partial charge in [0.05, 0.1) is 23.7 Å². The zero-order valence-electron chi connectivity index (χ0n) is 15.7. The molecule has 7 nitrogen and oxygen atoms in total. The Morgan fingerprint density at radius 2 is 2.19 bits per heavy atom. The number of likely N-dealkylation sites (tertiary alicyclic amines) is 1. The summed E-state index contributed by atoms with van der Waals surface area (Å²) in [7, 11) is 0. The van der Waals surface area contributed by atoms with Gasteiger partial charge in [0.1, 0.15) is 0 Å². The molecule has 3 heterocycles. The molecule has 142 valence electrons. The Morgan fingerprint density at radius 1 is 1.50 bits per heavy atom. The topological polar surface area (TPSA) is 88.1 Å². The summed E-state index contributed by atoms with van der Waals surface area (Å²) in [5.41, 5.74) is 0.139. The first-order valence-electron chi connectivity index (χ1n) is 8.85. The van der Waals surface area contributed by atoms with Gasteiger partial charge in [0, 0.05) is 25.0 Å². The number of fused-ring (bicyclic) bond motifs is 2. The van der Waals surface area contributed by atoms with Crippen LogP contribution in [0.25, 0.3) is 0 Å². The quantitative estimate of drug-likeness (QED) is 0.443. The van der Waals surface area contributed by atoms with Gasteiger partial charge in [0.2, 0.25) is 11.8 Å². The molecule has 3 aliphatic heterocycles. The van der Waals surface area contributed by atoms with Gasteiger partial charge < -0.3 is 9.64 Å². The average molecular weight is 379 g/mol. The van der Waals surface area contributed by atoms with Crippen LogP contribution in [0.1, 0.15) is 34.1 Å². The molecule has 2 bridgehead atoms. The largest absolute Gasteiger partial charge is 0.366 e. The van der Waals surface area contributed by atoms with Gasteiger partial charge >= 0.3 is 0 Å². The number of thioether (sulfide) groups is 1. The highest BCUT2D eigenvalue weighted by molar-refractivity contribution is 8.13. The normalized spacial score (nSPS) is 37.0. The van der Waals surface area contributed by atoms with E-state index in [1.807, 2.05) is 6.26 Å². The lowest BCUT2D eigenvalue weighted by Crippen LogP contribution is -2.55. The van der Waals surface area contributed by atoms with Gasteiger partial charge in [-0.2, -0.15) is 4.99 Å². The van der Waals surface area contributed by atoms with Crippen molar-refractivity contribution in [1.29, 1.82) is 0 Å². The Balaban J connectivity index is 2.00. The van der Waals surface area contributed by atoms with Crippen molar-refractivity contribution in [2.45, 2.75) is 51.9 Å². The van der Waals surface area contributed by atoms with Crippen molar-refractivity contribution >= 4 is 34.7 Å². The molecule has 3 amide bonds. The van der Waals surface area contributed by atoms with E-state index in [0.717, 1.165) is 6.42 Å². The monoisotopic (exact) mass is 379 g/mol. The van der Waals surface area contributed by atoms with Crippen LogP contribution in [0.3, 0.4) is 0 Å². The van der Waals surface area contributed by atoms with E-state index in [-0.39, 0.29) is 41.4 Å². The minimum absolute atomic E-state index is 0.0755. The molecule has 26 heavy (non-hydrogen) atoms. The van der Waals surface area contributed by atoms with Gasteiger partial charge in [-0.25, -0.2) is 0 Å². The molecular weight excluding hydrogens is 354 g/mol. The summed E-state index contributed by atoms with van der Waals surface area (Å²) in [4.78, 5) is 42.0. The minimum atomic E-state index is -0.531. The van der Waals surface area contributed by atoms with Crippen LogP contribution in [0.4, 0.5) is 0 Å². The van der Waals surface area contributed by atoms with E-state index < -0.39 is 5.92 Å². The number of aliphatic imine (C=N–C) groups is 1. The summed E-state index contributed by atoms with van der Waals surface area (Å²) in [5.74, 6) is -1.28. The summed E-state index contributed by atoms with van der Waals surface area (Å²) in [6.07, 6.45) is 4.02. The first-order valence-corrected chi connectivity index (χ1v) is 10.1. The standard InChI is InChI=1S/C18H25N3O4S/c1-6-18-8-21(17(26-5)19-11(4)22)13(10(18)3)14(25-18)12-7-9(2)15(23)20-16(12)24/h7,10,12-14H,6,8H2,1-5H3,(H,20,23,24)/b19-17-/t10-,12?,13+,14-,18-/m0/s1. The van der Waals surface area contributed by atoms with Crippen molar-refractivity contribution in [3.63, 3.8) is 0 Å². The lowest BCUT2D eigenvalue weighted by atomic mass is 9.84. The molecular formula is C18H25N3O4S. The molecule has 8 heteroatoms. The number of nitrogens with one attached hydrogen (secondary N) is 1.